The molecule has 114 valence electrons. The first-order valence-corrected chi connectivity index (χ1v) is 6.86. The van der Waals surface area contributed by atoms with Crippen LogP contribution >= 0.6 is 35.6 Å². The Bertz CT molecular complexity index is 430. The minimum atomic E-state index is -0.194. The number of hydrogen-bond donors (Lipinski definition) is 2. The average Bonchev–Trinajstić information content (AvgIpc) is 2.38. The number of ether oxygens (including phenoxy) is 1. The van der Waals surface area contributed by atoms with Crippen molar-refractivity contribution in [2.75, 3.05) is 19.7 Å². The number of halogens is 3. The lowest BCUT2D eigenvalue weighted by Gasteiger charge is -2.13. The number of hydrogen-bond acceptors (Lipinski definition) is 3. The van der Waals surface area contributed by atoms with Gasteiger partial charge >= 0.3 is 0 Å². The van der Waals surface area contributed by atoms with Crippen molar-refractivity contribution in [3.05, 3.63) is 28.2 Å². The van der Waals surface area contributed by atoms with Gasteiger partial charge < -0.3 is 15.4 Å². The lowest BCUT2D eigenvalue weighted by Crippen LogP contribution is -2.40. The number of likely N-dealkylation sites (N-methyl/N-ethyl adjacent to an activating group) is 1. The normalized spacial score (nSPS) is 11.4. The Morgan fingerprint density at radius 1 is 1.40 bits per heavy atom. The van der Waals surface area contributed by atoms with Crippen LogP contribution in [0.15, 0.2) is 18.2 Å². The second kappa shape index (κ2) is 10.1. The molecule has 1 rings (SSSR count). The van der Waals surface area contributed by atoms with Crippen molar-refractivity contribution in [3.63, 3.8) is 0 Å². The van der Waals surface area contributed by atoms with Gasteiger partial charge in [-0.3, -0.25) is 4.79 Å². The molecule has 1 aromatic rings. The first-order valence-electron chi connectivity index (χ1n) is 6.10. The highest BCUT2D eigenvalue weighted by Crippen LogP contribution is 2.27. The Labute approximate surface area is 135 Å². The van der Waals surface area contributed by atoms with E-state index in [1.165, 1.54) is 0 Å². The van der Waals surface area contributed by atoms with E-state index in [0.29, 0.717) is 22.3 Å². The van der Waals surface area contributed by atoms with Gasteiger partial charge in [-0.1, -0.05) is 30.1 Å². The molecule has 7 heteroatoms. The molecular formula is C13H19Cl3N2O2. The van der Waals surface area contributed by atoms with E-state index >= 15 is 0 Å². The molecule has 0 aliphatic carbocycles. The highest BCUT2D eigenvalue weighted by Gasteiger charge is 2.07. The Kier molecular flexibility index (Phi) is 9.76. The zero-order chi connectivity index (χ0) is 14.3. The van der Waals surface area contributed by atoms with Crippen molar-refractivity contribution >= 4 is 41.5 Å². The van der Waals surface area contributed by atoms with Crippen molar-refractivity contribution in [2.24, 2.45) is 0 Å². The molecular weight excluding hydrogens is 323 g/mol. The Hall–Kier alpha value is -0.680. The van der Waals surface area contributed by atoms with Gasteiger partial charge in [-0.15, -0.1) is 12.4 Å². The second-order valence-electron chi connectivity index (χ2n) is 4.13. The second-order valence-corrected chi connectivity index (χ2v) is 4.97. The van der Waals surface area contributed by atoms with Gasteiger partial charge in [0.25, 0.3) is 5.91 Å². The first kappa shape index (κ1) is 19.3. The summed E-state index contributed by atoms with van der Waals surface area (Å²) in [6.45, 7) is 5.35. The van der Waals surface area contributed by atoms with E-state index in [1.807, 2.05) is 13.8 Å². The monoisotopic (exact) mass is 340 g/mol. The molecule has 0 saturated heterocycles. The van der Waals surface area contributed by atoms with E-state index in [-0.39, 0.29) is 31.0 Å². The minimum Gasteiger partial charge on any atom is -0.482 e. The predicted molar refractivity (Wildman–Crippen MR) is 85.4 cm³/mol. The lowest BCUT2D eigenvalue weighted by atomic mass is 10.3. The van der Waals surface area contributed by atoms with E-state index < -0.39 is 0 Å². The maximum atomic E-state index is 11.6. The Morgan fingerprint density at radius 3 is 2.75 bits per heavy atom. The maximum Gasteiger partial charge on any atom is 0.257 e. The number of nitrogens with one attached hydrogen (secondary N) is 2. The van der Waals surface area contributed by atoms with E-state index in [0.717, 1.165) is 6.54 Å². The molecule has 0 aliphatic rings. The molecule has 0 fully saturated rings. The molecule has 0 bridgehead atoms. The smallest absolute Gasteiger partial charge is 0.257 e. The molecule has 2 N–H and O–H groups in total. The van der Waals surface area contributed by atoms with Crippen molar-refractivity contribution in [1.29, 1.82) is 0 Å². The summed E-state index contributed by atoms with van der Waals surface area (Å²) >= 11 is 11.7. The van der Waals surface area contributed by atoms with Crippen LogP contribution in [-0.2, 0) is 4.79 Å². The Balaban J connectivity index is 0.00000361. The molecule has 1 amide bonds. The van der Waals surface area contributed by atoms with E-state index in [1.54, 1.807) is 18.2 Å². The summed E-state index contributed by atoms with van der Waals surface area (Å²) in [5, 5.41) is 6.91. The van der Waals surface area contributed by atoms with Gasteiger partial charge in [-0.25, -0.2) is 0 Å². The molecule has 4 nitrogen and oxygen atoms in total. The van der Waals surface area contributed by atoms with Gasteiger partial charge in [0.15, 0.2) is 6.61 Å². The third-order valence-electron chi connectivity index (χ3n) is 2.41. The van der Waals surface area contributed by atoms with Crippen LogP contribution < -0.4 is 15.4 Å². The van der Waals surface area contributed by atoms with E-state index in [2.05, 4.69) is 10.6 Å². The van der Waals surface area contributed by atoms with Crippen molar-refractivity contribution in [2.45, 2.75) is 19.9 Å². The van der Waals surface area contributed by atoms with Crippen molar-refractivity contribution in [1.82, 2.24) is 10.6 Å². The van der Waals surface area contributed by atoms with Gasteiger partial charge in [0, 0.05) is 23.7 Å². The third kappa shape index (κ3) is 7.20. The number of benzene rings is 1. The third-order valence-corrected chi connectivity index (χ3v) is 2.96. The fraction of sp³-hybridized carbons (Fsp3) is 0.462. The quantitative estimate of drug-likeness (QED) is 0.802. The molecule has 0 aliphatic heterocycles. The summed E-state index contributed by atoms with van der Waals surface area (Å²) in [5.41, 5.74) is 0. The summed E-state index contributed by atoms with van der Waals surface area (Å²) in [4.78, 5) is 11.6. The fourth-order valence-corrected chi connectivity index (χ4v) is 1.80. The molecule has 0 saturated carbocycles. The van der Waals surface area contributed by atoms with Gasteiger partial charge in [0.05, 0.1) is 5.02 Å². The topological polar surface area (TPSA) is 50.4 Å². The molecule has 0 aromatic heterocycles. The molecule has 1 atom stereocenters. The highest BCUT2D eigenvalue weighted by molar-refractivity contribution is 6.34. The number of amides is 1. The highest BCUT2D eigenvalue weighted by atomic mass is 35.5. The van der Waals surface area contributed by atoms with Gasteiger partial charge in [-0.2, -0.15) is 0 Å². The number of carbonyl (C=O) groups is 1. The summed E-state index contributed by atoms with van der Waals surface area (Å²) in [6.07, 6.45) is 0. The average molecular weight is 342 g/mol. The zero-order valence-electron chi connectivity index (χ0n) is 11.4. The summed E-state index contributed by atoms with van der Waals surface area (Å²) in [6, 6.07) is 5.10. The molecule has 20 heavy (non-hydrogen) atoms. The largest absolute Gasteiger partial charge is 0.482 e. The van der Waals surface area contributed by atoms with E-state index in [4.69, 9.17) is 27.9 Å². The van der Waals surface area contributed by atoms with Crippen molar-refractivity contribution < 1.29 is 9.53 Å². The molecule has 0 unspecified atom stereocenters. The molecule has 1 aromatic carbocycles. The molecule has 0 radical (unpaired) electrons. The fourth-order valence-electron chi connectivity index (χ4n) is 1.47. The van der Waals surface area contributed by atoms with Crippen molar-refractivity contribution in [3.8, 4) is 5.75 Å². The van der Waals surface area contributed by atoms with Crippen LogP contribution in [0.2, 0.25) is 10.0 Å². The Morgan fingerprint density at radius 2 is 2.10 bits per heavy atom. The standard InChI is InChI=1S/C13H18Cl2N2O2.ClH/c1-3-16-9(2)7-17-13(18)8-19-12-6-10(14)4-5-11(12)15;/h4-6,9,16H,3,7-8H2,1-2H3,(H,17,18);1H/t9-;/m1./s1. The number of carbonyl (C=O) groups excluding carboxylic acids is 1. The van der Waals surface area contributed by atoms with Crippen LogP contribution in [0.1, 0.15) is 13.8 Å². The first-order chi connectivity index (χ1) is 9.02. The SMILES string of the molecule is CCN[C@H](C)CNC(=O)COc1cc(Cl)ccc1Cl.Cl. The predicted octanol–water partition coefficient (Wildman–Crippen LogP) is 2.91. The van der Waals surface area contributed by atoms with Gasteiger partial charge in [0.2, 0.25) is 0 Å². The van der Waals surface area contributed by atoms with Crippen LogP contribution in [0.25, 0.3) is 0 Å². The molecule has 0 heterocycles. The minimum absolute atomic E-state index is 0. The zero-order valence-corrected chi connectivity index (χ0v) is 13.7. The lowest BCUT2D eigenvalue weighted by molar-refractivity contribution is -0.123. The van der Waals surface area contributed by atoms with E-state index in [9.17, 15) is 4.79 Å². The summed E-state index contributed by atoms with van der Waals surface area (Å²) in [7, 11) is 0. The maximum absolute atomic E-state index is 11.6. The van der Waals surface area contributed by atoms with Crippen LogP contribution in [-0.4, -0.2) is 31.6 Å². The van der Waals surface area contributed by atoms with Crippen LogP contribution in [0.3, 0.4) is 0 Å². The summed E-state index contributed by atoms with van der Waals surface area (Å²) in [5.74, 6) is 0.213. The number of rotatable bonds is 7. The van der Waals surface area contributed by atoms with Crippen LogP contribution in [0.5, 0.6) is 5.75 Å². The van der Waals surface area contributed by atoms with Crippen LogP contribution in [0.4, 0.5) is 0 Å². The van der Waals surface area contributed by atoms with Crippen LogP contribution in [0, 0.1) is 0 Å². The van der Waals surface area contributed by atoms with Gasteiger partial charge in [0.1, 0.15) is 5.75 Å². The molecule has 0 spiro atoms. The summed E-state index contributed by atoms with van der Waals surface area (Å²) < 4.78 is 5.32. The van der Waals surface area contributed by atoms with Gasteiger partial charge in [-0.05, 0) is 25.6 Å².